The van der Waals surface area contributed by atoms with Gasteiger partial charge in [-0.15, -0.1) is 0 Å². The molecule has 0 aliphatic heterocycles. The number of hydrogen-bond acceptors (Lipinski definition) is 3. The minimum atomic E-state index is -0.159. The maximum absolute atomic E-state index is 12.3. The van der Waals surface area contributed by atoms with Crippen LogP contribution in [-0.4, -0.2) is 20.7 Å². The van der Waals surface area contributed by atoms with E-state index in [1.807, 2.05) is 48.9 Å². The first-order valence-electron chi connectivity index (χ1n) is 8.17. The third-order valence-corrected chi connectivity index (χ3v) is 4.60. The molecular weight excluding hydrogens is 371 g/mol. The average Bonchev–Trinajstić information content (AvgIpc) is 2.90. The number of amides is 1. The molecule has 5 nitrogen and oxygen atoms in total. The average molecular weight is 389 g/mol. The number of benzene rings is 1. The number of aromatic nitrogens is 3. The lowest BCUT2D eigenvalue weighted by atomic mass is 10.1. The Hall–Kier alpha value is -2.37. The summed E-state index contributed by atoms with van der Waals surface area (Å²) in [5, 5.41) is 8.06. The number of para-hydroxylation sites is 1. The van der Waals surface area contributed by atoms with Crippen molar-refractivity contribution in [2.45, 2.75) is 26.7 Å². The number of nitrogens with zero attached hydrogens (tertiary/aromatic N) is 3. The van der Waals surface area contributed by atoms with E-state index in [9.17, 15) is 4.79 Å². The van der Waals surface area contributed by atoms with Crippen LogP contribution in [0, 0.1) is 13.8 Å². The zero-order valence-corrected chi connectivity index (χ0v) is 16.0. The zero-order chi connectivity index (χ0) is 18.7. The van der Waals surface area contributed by atoms with Gasteiger partial charge in [-0.05, 0) is 44.0 Å². The van der Waals surface area contributed by atoms with Gasteiger partial charge in [0.2, 0.25) is 5.91 Å². The fraction of sp³-hybridized carbons (Fsp3) is 0.211. The lowest BCUT2D eigenvalue weighted by molar-refractivity contribution is -0.116. The number of carbonyl (C=O) groups is 1. The Labute approximate surface area is 162 Å². The van der Waals surface area contributed by atoms with E-state index in [0.717, 1.165) is 22.6 Å². The quantitative estimate of drug-likeness (QED) is 0.684. The molecule has 0 unspecified atom stereocenters. The summed E-state index contributed by atoms with van der Waals surface area (Å²) in [5.74, 6) is 0.155. The molecule has 7 heteroatoms. The van der Waals surface area contributed by atoms with Gasteiger partial charge >= 0.3 is 0 Å². The Morgan fingerprint density at radius 2 is 1.92 bits per heavy atom. The maximum atomic E-state index is 12.3. The molecule has 2 aromatic heterocycles. The SMILES string of the molecule is Cc1nn(-c2ccccc2)c(C)c1CCC(=O)Nc1ncc(Cl)cc1Cl. The molecule has 3 aromatic rings. The predicted octanol–water partition coefficient (Wildman–Crippen LogP) is 4.76. The monoisotopic (exact) mass is 388 g/mol. The van der Waals surface area contributed by atoms with Gasteiger partial charge in [-0.25, -0.2) is 9.67 Å². The lowest BCUT2D eigenvalue weighted by Crippen LogP contribution is -2.14. The number of hydrogen-bond donors (Lipinski definition) is 1. The number of halogens is 2. The second kappa shape index (κ2) is 7.89. The van der Waals surface area contributed by atoms with Gasteiger partial charge < -0.3 is 5.32 Å². The Balaban J connectivity index is 1.70. The first-order valence-corrected chi connectivity index (χ1v) is 8.92. The minimum absolute atomic E-state index is 0.159. The van der Waals surface area contributed by atoms with E-state index in [1.165, 1.54) is 6.20 Å². The van der Waals surface area contributed by atoms with Crippen molar-refractivity contribution in [3.8, 4) is 5.69 Å². The van der Waals surface area contributed by atoms with E-state index in [-0.39, 0.29) is 5.91 Å². The van der Waals surface area contributed by atoms with E-state index in [2.05, 4.69) is 15.4 Å². The molecule has 0 saturated carbocycles. The molecule has 1 N–H and O–H groups in total. The van der Waals surface area contributed by atoms with Crippen molar-refractivity contribution in [2.75, 3.05) is 5.32 Å². The standard InChI is InChI=1S/C19H18Cl2N4O/c1-12-16(13(2)25(24-12)15-6-4-3-5-7-15)8-9-18(26)23-19-17(21)10-14(20)11-22-19/h3-7,10-11H,8-9H2,1-2H3,(H,22,23,26). The van der Waals surface area contributed by atoms with Crippen molar-refractivity contribution in [3.63, 3.8) is 0 Å². The summed E-state index contributed by atoms with van der Waals surface area (Å²) >= 11 is 11.9. The van der Waals surface area contributed by atoms with Gasteiger partial charge in [0.25, 0.3) is 0 Å². The molecule has 2 heterocycles. The number of pyridine rings is 1. The highest BCUT2D eigenvalue weighted by molar-refractivity contribution is 6.36. The van der Waals surface area contributed by atoms with E-state index >= 15 is 0 Å². The summed E-state index contributed by atoms with van der Waals surface area (Å²) in [6.45, 7) is 3.97. The van der Waals surface area contributed by atoms with Crippen LogP contribution in [0.25, 0.3) is 5.69 Å². The molecule has 0 radical (unpaired) electrons. The van der Waals surface area contributed by atoms with Crippen molar-refractivity contribution in [1.82, 2.24) is 14.8 Å². The second-order valence-electron chi connectivity index (χ2n) is 5.93. The van der Waals surface area contributed by atoms with E-state index in [1.54, 1.807) is 6.07 Å². The van der Waals surface area contributed by atoms with Crippen LogP contribution in [0.1, 0.15) is 23.4 Å². The molecule has 0 bridgehead atoms. The van der Waals surface area contributed by atoms with Crippen LogP contribution in [0.4, 0.5) is 5.82 Å². The van der Waals surface area contributed by atoms with Gasteiger partial charge in [-0.1, -0.05) is 41.4 Å². The van der Waals surface area contributed by atoms with Crippen molar-refractivity contribution in [2.24, 2.45) is 0 Å². The normalized spacial score (nSPS) is 10.8. The molecule has 1 aromatic carbocycles. The van der Waals surface area contributed by atoms with Gasteiger partial charge in [0, 0.05) is 18.3 Å². The summed E-state index contributed by atoms with van der Waals surface area (Å²) in [6.07, 6.45) is 2.34. The number of anilines is 1. The molecule has 0 aliphatic carbocycles. The molecule has 1 amide bonds. The first-order chi connectivity index (χ1) is 12.5. The third-order valence-electron chi connectivity index (χ3n) is 4.11. The third kappa shape index (κ3) is 4.06. The van der Waals surface area contributed by atoms with E-state index in [0.29, 0.717) is 28.7 Å². The predicted molar refractivity (Wildman–Crippen MR) is 104 cm³/mol. The maximum Gasteiger partial charge on any atom is 0.225 e. The summed E-state index contributed by atoms with van der Waals surface area (Å²) in [5.41, 5.74) is 4.02. The molecule has 0 atom stereocenters. The van der Waals surface area contributed by atoms with Gasteiger partial charge in [0.15, 0.2) is 5.82 Å². The van der Waals surface area contributed by atoms with Crippen molar-refractivity contribution < 1.29 is 4.79 Å². The topological polar surface area (TPSA) is 59.8 Å². The largest absolute Gasteiger partial charge is 0.309 e. The van der Waals surface area contributed by atoms with Crippen LogP contribution in [0.5, 0.6) is 0 Å². The fourth-order valence-electron chi connectivity index (χ4n) is 2.80. The number of carbonyl (C=O) groups excluding carboxylic acids is 1. The second-order valence-corrected chi connectivity index (χ2v) is 6.77. The van der Waals surface area contributed by atoms with Crippen molar-refractivity contribution >= 4 is 34.9 Å². The fourth-order valence-corrected chi connectivity index (χ4v) is 3.22. The lowest BCUT2D eigenvalue weighted by Gasteiger charge is -2.07. The molecule has 26 heavy (non-hydrogen) atoms. The first kappa shape index (κ1) is 18.4. The summed E-state index contributed by atoms with van der Waals surface area (Å²) in [4.78, 5) is 16.3. The van der Waals surface area contributed by atoms with E-state index in [4.69, 9.17) is 23.2 Å². The summed E-state index contributed by atoms with van der Waals surface area (Å²) in [7, 11) is 0. The van der Waals surface area contributed by atoms with Crippen LogP contribution in [0.15, 0.2) is 42.6 Å². The number of aryl methyl sites for hydroxylation is 1. The molecule has 0 fully saturated rings. The van der Waals surface area contributed by atoms with Crippen molar-refractivity contribution in [3.05, 3.63) is 69.6 Å². The van der Waals surface area contributed by atoms with Crippen LogP contribution in [0.3, 0.4) is 0 Å². The molecule has 0 spiro atoms. The number of rotatable bonds is 5. The Morgan fingerprint density at radius 1 is 1.19 bits per heavy atom. The zero-order valence-electron chi connectivity index (χ0n) is 14.5. The molecule has 0 aliphatic rings. The summed E-state index contributed by atoms with van der Waals surface area (Å²) < 4.78 is 1.90. The Bertz CT molecular complexity index is 938. The van der Waals surface area contributed by atoms with Gasteiger partial charge in [0.05, 0.1) is 21.4 Å². The van der Waals surface area contributed by atoms with Gasteiger partial charge in [-0.3, -0.25) is 4.79 Å². The summed E-state index contributed by atoms with van der Waals surface area (Å²) in [6, 6.07) is 11.5. The van der Waals surface area contributed by atoms with Crippen LogP contribution < -0.4 is 5.32 Å². The smallest absolute Gasteiger partial charge is 0.225 e. The highest BCUT2D eigenvalue weighted by Crippen LogP contribution is 2.23. The Kier molecular flexibility index (Phi) is 5.59. The molecule has 0 saturated heterocycles. The van der Waals surface area contributed by atoms with Crippen LogP contribution >= 0.6 is 23.2 Å². The molecular formula is C19H18Cl2N4O. The highest BCUT2D eigenvalue weighted by atomic mass is 35.5. The number of nitrogens with one attached hydrogen (secondary N) is 1. The van der Waals surface area contributed by atoms with Gasteiger partial charge in [0.1, 0.15) is 0 Å². The molecule has 134 valence electrons. The molecule has 3 rings (SSSR count). The van der Waals surface area contributed by atoms with Crippen LogP contribution in [0.2, 0.25) is 10.0 Å². The van der Waals surface area contributed by atoms with E-state index < -0.39 is 0 Å². The Morgan fingerprint density at radius 3 is 2.62 bits per heavy atom. The van der Waals surface area contributed by atoms with Crippen LogP contribution in [-0.2, 0) is 11.2 Å². The van der Waals surface area contributed by atoms with Crippen molar-refractivity contribution in [1.29, 1.82) is 0 Å². The van der Waals surface area contributed by atoms with Gasteiger partial charge in [-0.2, -0.15) is 5.10 Å². The highest BCUT2D eigenvalue weighted by Gasteiger charge is 2.15. The minimum Gasteiger partial charge on any atom is -0.309 e.